The van der Waals surface area contributed by atoms with Gasteiger partial charge in [-0.1, -0.05) is 20.8 Å². The molecule has 0 spiro atoms. The van der Waals surface area contributed by atoms with E-state index in [1.807, 2.05) is 4.68 Å². The fourth-order valence-corrected chi connectivity index (χ4v) is 3.56. The summed E-state index contributed by atoms with van der Waals surface area (Å²) in [4.78, 5) is 22.6. The second-order valence-corrected chi connectivity index (χ2v) is 8.10. The Morgan fingerprint density at radius 2 is 2.08 bits per heavy atom. The molecule has 0 bridgehead atoms. The van der Waals surface area contributed by atoms with Gasteiger partial charge in [0.2, 0.25) is 5.91 Å². The Kier molecular flexibility index (Phi) is 5.03. The van der Waals surface area contributed by atoms with Crippen molar-refractivity contribution in [2.45, 2.75) is 46.6 Å². The molecule has 1 fully saturated rings. The molecule has 2 aromatic rings. The molecule has 136 valence electrons. The summed E-state index contributed by atoms with van der Waals surface area (Å²) in [6, 6.07) is 0. The number of nitrogens with one attached hydrogen (secondary N) is 1. The van der Waals surface area contributed by atoms with E-state index in [4.69, 9.17) is 5.10 Å². The number of fused-ring (bicyclic) bond motifs is 1. The minimum absolute atomic E-state index is 0.0311. The van der Waals surface area contributed by atoms with Crippen molar-refractivity contribution in [3.8, 4) is 0 Å². The van der Waals surface area contributed by atoms with Crippen LogP contribution in [-0.4, -0.2) is 56.7 Å². The summed E-state index contributed by atoms with van der Waals surface area (Å²) in [5.41, 5.74) is 3.04. The molecule has 7 heteroatoms. The predicted octanol–water partition coefficient (Wildman–Crippen LogP) is 1.80. The van der Waals surface area contributed by atoms with E-state index in [1.165, 1.54) is 6.92 Å². The average Bonchev–Trinajstić information content (AvgIpc) is 3.10. The lowest BCUT2D eigenvalue weighted by Crippen LogP contribution is -2.30. The molecule has 1 aliphatic rings. The summed E-state index contributed by atoms with van der Waals surface area (Å²) in [7, 11) is 0. The summed E-state index contributed by atoms with van der Waals surface area (Å²) in [6.45, 7) is 12.7. The molecule has 7 nitrogen and oxygen atoms in total. The van der Waals surface area contributed by atoms with E-state index < -0.39 is 0 Å². The fraction of sp³-hybridized carbons (Fsp3) is 0.667. The van der Waals surface area contributed by atoms with Gasteiger partial charge in [0, 0.05) is 44.9 Å². The molecule has 1 N–H and O–H groups in total. The lowest BCUT2D eigenvalue weighted by molar-refractivity contribution is -0.118. The van der Waals surface area contributed by atoms with Gasteiger partial charge in [-0.15, -0.1) is 0 Å². The van der Waals surface area contributed by atoms with E-state index >= 15 is 0 Å². The summed E-state index contributed by atoms with van der Waals surface area (Å²) in [5, 5.41) is 7.63. The Morgan fingerprint density at radius 3 is 2.80 bits per heavy atom. The number of hydrogen-bond donors (Lipinski definition) is 1. The monoisotopic (exact) mass is 344 g/mol. The maximum absolute atomic E-state index is 11.1. The van der Waals surface area contributed by atoms with Crippen LogP contribution in [0.25, 0.3) is 11.2 Å². The van der Waals surface area contributed by atoms with E-state index in [0.29, 0.717) is 24.4 Å². The summed E-state index contributed by atoms with van der Waals surface area (Å²) >= 11 is 0. The number of hydrogen-bond acceptors (Lipinski definition) is 5. The van der Waals surface area contributed by atoms with Crippen molar-refractivity contribution in [2.75, 3.05) is 26.2 Å². The molecule has 25 heavy (non-hydrogen) atoms. The van der Waals surface area contributed by atoms with Gasteiger partial charge < -0.3 is 10.2 Å². The van der Waals surface area contributed by atoms with Gasteiger partial charge in [-0.2, -0.15) is 5.10 Å². The molecule has 0 unspecified atom stereocenters. The molecular formula is C18H28N6O. The Hall–Kier alpha value is -2.02. The van der Waals surface area contributed by atoms with Gasteiger partial charge in [0.1, 0.15) is 5.52 Å². The van der Waals surface area contributed by atoms with Crippen LogP contribution >= 0.6 is 0 Å². The number of rotatable bonds is 5. The van der Waals surface area contributed by atoms with E-state index in [2.05, 4.69) is 41.0 Å². The Labute approximate surface area is 148 Å². The third-order valence-electron chi connectivity index (χ3n) is 4.45. The molecule has 0 aliphatic carbocycles. The smallest absolute Gasteiger partial charge is 0.216 e. The first-order chi connectivity index (χ1) is 11.8. The van der Waals surface area contributed by atoms with Gasteiger partial charge in [-0.05, 0) is 18.4 Å². The maximum Gasteiger partial charge on any atom is 0.216 e. The minimum atomic E-state index is -0.0311. The summed E-state index contributed by atoms with van der Waals surface area (Å²) in [5.74, 6) is 0.361. The van der Waals surface area contributed by atoms with Crippen LogP contribution in [0, 0.1) is 5.41 Å². The second kappa shape index (κ2) is 7.07. The highest BCUT2D eigenvalue weighted by atomic mass is 16.1. The van der Waals surface area contributed by atoms with Crippen molar-refractivity contribution in [1.29, 1.82) is 0 Å². The van der Waals surface area contributed by atoms with Crippen LogP contribution in [-0.2, 0) is 11.3 Å². The quantitative estimate of drug-likeness (QED) is 0.895. The number of carbonyl (C=O) groups excluding carboxylic acids is 1. The van der Waals surface area contributed by atoms with Crippen LogP contribution in [0.5, 0.6) is 0 Å². The number of amides is 1. The third kappa shape index (κ3) is 4.34. The zero-order valence-electron chi connectivity index (χ0n) is 15.6. The highest BCUT2D eigenvalue weighted by Crippen LogP contribution is 2.31. The lowest BCUT2D eigenvalue weighted by atomic mass is 9.96. The first kappa shape index (κ1) is 17.8. The summed E-state index contributed by atoms with van der Waals surface area (Å²) < 4.78 is 1.88. The zero-order valence-corrected chi connectivity index (χ0v) is 15.6. The molecule has 0 radical (unpaired) electrons. The largest absolute Gasteiger partial charge is 0.354 e. The zero-order chi connectivity index (χ0) is 18.0. The molecule has 3 rings (SSSR count). The van der Waals surface area contributed by atoms with Crippen molar-refractivity contribution >= 4 is 17.1 Å². The van der Waals surface area contributed by atoms with Crippen LogP contribution in [0.3, 0.4) is 0 Å². The third-order valence-corrected chi connectivity index (χ3v) is 4.45. The Bertz CT molecular complexity index is 748. The van der Waals surface area contributed by atoms with Gasteiger partial charge >= 0.3 is 0 Å². The molecule has 1 aliphatic heterocycles. The van der Waals surface area contributed by atoms with E-state index in [0.717, 1.165) is 42.9 Å². The normalized spacial score (nSPS) is 18.8. The molecular weight excluding hydrogens is 316 g/mol. The van der Waals surface area contributed by atoms with Crippen molar-refractivity contribution in [3.05, 3.63) is 18.1 Å². The molecule has 3 heterocycles. The Balaban J connectivity index is 1.79. The van der Waals surface area contributed by atoms with Crippen molar-refractivity contribution in [2.24, 2.45) is 5.41 Å². The van der Waals surface area contributed by atoms with E-state index in [-0.39, 0.29) is 5.91 Å². The topological polar surface area (TPSA) is 75.9 Å². The number of carbonyl (C=O) groups is 1. The standard InChI is InChI=1S/C18H28N6O/c1-13(25)19-8-10-24-17-16(20-6-7-21-17)15(22-24)14-5-9-23(11-14)12-18(2,3)4/h6-7,14H,5,8-12H2,1-4H3,(H,19,25)/t14-/m0/s1. The molecule has 1 saturated heterocycles. The molecule has 2 aromatic heterocycles. The molecule has 0 saturated carbocycles. The van der Waals surface area contributed by atoms with Gasteiger partial charge in [0.05, 0.1) is 12.2 Å². The maximum atomic E-state index is 11.1. The van der Waals surface area contributed by atoms with Crippen LogP contribution < -0.4 is 5.32 Å². The van der Waals surface area contributed by atoms with Crippen LogP contribution in [0.2, 0.25) is 0 Å². The SMILES string of the molecule is CC(=O)NCCn1nc([C@H]2CCN(CC(C)(C)C)C2)c2nccnc21. The van der Waals surface area contributed by atoms with Crippen molar-refractivity contribution < 1.29 is 4.79 Å². The van der Waals surface area contributed by atoms with Crippen LogP contribution in [0.4, 0.5) is 0 Å². The first-order valence-electron chi connectivity index (χ1n) is 8.98. The first-order valence-corrected chi connectivity index (χ1v) is 8.98. The van der Waals surface area contributed by atoms with Gasteiger partial charge in [-0.25, -0.2) is 14.6 Å². The van der Waals surface area contributed by atoms with Crippen molar-refractivity contribution in [3.63, 3.8) is 0 Å². The highest BCUT2D eigenvalue weighted by Gasteiger charge is 2.30. The van der Waals surface area contributed by atoms with Crippen molar-refractivity contribution in [1.82, 2.24) is 30.0 Å². The second-order valence-electron chi connectivity index (χ2n) is 8.10. The Morgan fingerprint density at radius 1 is 1.32 bits per heavy atom. The van der Waals surface area contributed by atoms with E-state index in [1.54, 1.807) is 12.4 Å². The van der Waals surface area contributed by atoms with Gasteiger partial charge in [0.25, 0.3) is 0 Å². The van der Waals surface area contributed by atoms with Crippen LogP contribution in [0.1, 0.15) is 45.7 Å². The number of nitrogens with zero attached hydrogens (tertiary/aromatic N) is 5. The summed E-state index contributed by atoms with van der Waals surface area (Å²) in [6.07, 6.45) is 4.53. The van der Waals surface area contributed by atoms with Gasteiger partial charge in [-0.3, -0.25) is 4.79 Å². The van der Waals surface area contributed by atoms with Crippen LogP contribution in [0.15, 0.2) is 12.4 Å². The minimum Gasteiger partial charge on any atom is -0.354 e. The average molecular weight is 344 g/mol. The fourth-order valence-electron chi connectivity index (χ4n) is 3.56. The number of aromatic nitrogens is 4. The predicted molar refractivity (Wildman–Crippen MR) is 97.3 cm³/mol. The van der Waals surface area contributed by atoms with E-state index in [9.17, 15) is 4.79 Å². The molecule has 1 atom stereocenters. The lowest BCUT2D eigenvalue weighted by Gasteiger charge is -2.26. The highest BCUT2D eigenvalue weighted by molar-refractivity contribution is 5.74. The number of likely N-dealkylation sites (tertiary alicyclic amines) is 1. The van der Waals surface area contributed by atoms with Gasteiger partial charge in [0.15, 0.2) is 5.65 Å². The molecule has 1 amide bonds. The molecule has 0 aromatic carbocycles.